The van der Waals surface area contributed by atoms with Gasteiger partial charge < -0.3 is 10.2 Å². The smallest absolute Gasteiger partial charge is 0.264 e. The Morgan fingerprint density at radius 1 is 0.919 bits per heavy atom. The molecule has 3 aromatic rings. The van der Waals surface area contributed by atoms with Gasteiger partial charge >= 0.3 is 0 Å². The van der Waals surface area contributed by atoms with Gasteiger partial charge in [0.1, 0.15) is 18.4 Å². The molecule has 0 spiro atoms. The number of carbonyl (C=O) groups is 2. The predicted octanol–water partition coefficient (Wildman–Crippen LogP) is 4.35. The van der Waals surface area contributed by atoms with Crippen molar-refractivity contribution in [3.05, 3.63) is 96.3 Å². The number of rotatable bonds is 12. The molecule has 0 heterocycles. The van der Waals surface area contributed by atoms with E-state index in [9.17, 15) is 22.4 Å². The zero-order valence-corrected chi connectivity index (χ0v) is 21.8. The fourth-order valence-electron chi connectivity index (χ4n) is 3.76. The topological polar surface area (TPSA) is 86.8 Å². The second kappa shape index (κ2) is 13.0. The lowest BCUT2D eigenvalue weighted by atomic mass is 10.1. The third kappa shape index (κ3) is 7.39. The highest BCUT2D eigenvalue weighted by molar-refractivity contribution is 7.92. The summed E-state index contributed by atoms with van der Waals surface area (Å²) in [6.45, 7) is 3.72. The van der Waals surface area contributed by atoms with E-state index in [1.807, 2.05) is 37.3 Å². The number of halogens is 1. The van der Waals surface area contributed by atoms with Crippen molar-refractivity contribution in [2.45, 2.75) is 44.2 Å². The molecule has 0 aliphatic carbocycles. The normalized spacial score (nSPS) is 12.0. The van der Waals surface area contributed by atoms with E-state index in [4.69, 9.17) is 0 Å². The van der Waals surface area contributed by atoms with Crippen molar-refractivity contribution in [1.29, 1.82) is 0 Å². The molecule has 0 fully saturated rings. The Morgan fingerprint density at radius 2 is 1.51 bits per heavy atom. The summed E-state index contributed by atoms with van der Waals surface area (Å²) in [6, 6.07) is 21.0. The minimum atomic E-state index is -4.22. The number of unbranched alkanes of at least 4 members (excludes halogenated alkanes) is 1. The number of carbonyl (C=O) groups excluding carboxylic acids is 2. The van der Waals surface area contributed by atoms with Crippen LogP contribution in [0, 0.1) is 5.82 Å². The largest absolute Gasteiger partial charge is 0.354 e. The second-order valence-electron chi connectivity index (χ2n) is 8.63. The highest BCUT2D eigenvalue weighted by Crippen LogP contribution is 2.24. The first-order chi connectivity index (χ1) is 17.7. The van der Waals surface area contributed by atoms with Gasteiger partial charge in [-0.3, -0.25) is 13.9 Å². The molecular formula is C28H32FN3O4S. The standard InChI is InChI=1S/C28H32FN3O4S/c1-3-4-19-30-28(34)22(2)31(20-23-11-7-5-8-12-23)27(33)21-32(25-13-9-6-10-14-25)37(35,36)26-17-15-24(29)16-18-26/h5-18,22H,3-4,19-21H2,1-2H3,(H,30,34)/t22-/m0/s1. The molecule has 0 saturated carbocycles. The summed E-state index contributed by atoms with van der Waals surface area (Å²) in [5, 5.41) is 2.85. The quantitative estimate of drug-likeness (QED) is 0.356. The van der Waals surface area contributed by atoms with Gasteiger partial charge in [0, 0.05) is 13.1 Å². The summed E-state index contributed by atoms with van der Waals surface area (Å²) in [5.74, 6) is -1.43. The zero-order valence-electron chi connectivity index (χ0n) is 21.0. The molecule has 1 atom stereocenters. The van der Waals surface area contributed by atoms with Gasteiger partial charge in [0.2, 0.25) is 11.8 Å². The van der Waals surface area contributed by atoms with Crippen LogP contribution >= 0.6 is 0 Å². The second-order valence-corrected chi connectivity index (χ2v) is 10.5. The van der Waals surface area contributed by atoms with E-state index in [1.165, 1.54) is 4.90 Å². The molecule has 0 radical (unpaired) electrons. The Hall–Kier alpha value is -3.72. The van der Waals surface area contributed by atoms with Crippen molar-refractivity contribution in [2.75, 3.05) is 17.4 Å². The van der Waals surface area contributed by atoms with E-state index in [1.54, 1.807) is 37.3 Å². The SMILES string of the molecule is CCCCNC(=O)[C@H](C)N(Cc1ccccc1)C(=O)CN(c1ccccc1)S(=O)(=O)c1ccc(F)cc1. The van der Waals surface area contributed by atoms with Gasteiger partial charge in [0.05, 0.1) is 10.6 Å². The van der Waals surface area contributed by atoms with Crippen LogP contribution in [0.2, 0.25) is 0 Å². The number of amides is 2. The van der Waals surface area contributed by atoms with Crippen LogP contribution in [0.1, 0.15) is 32.3 Å². The Morgan fingerprint density at radius 3 is 2.11 bits per heavy atom. The zero-order chi connectivity index (χ0) is 26.8. The van der Waals surface area contributed by atoms with Crippen molar-refractivity contribution >= 4 is 27.5 Å². The average molecular weight is 526 g/mol. The first-order valence-corrected chi connectivity index (χ1v) is 13.6. The van der Waals surface area contributed by atoms with E-state index < -0.39 is 34.3 Å². The summed E-state index contributed by atoms with van der Waals surface area (Å²) in [5.41, 5.74) is 1.08. The van der Waals surface area contributed by atoms with Gasteiger partial charge in [0.15, 0.2) is 0 Å². The van der Waals surface area contributed by atoms with Gasteiger partial charge in [-0.05, 0) is 55.3 Å². The molecular weight excluding hydrogens is 493 g/mol. The van der Waals surface area contributed by atoms with Crippen LogP contribution in [0.15, 0.2) is 89.8 Å². The summed E-state index contributed by atoms with van der Waals surface area (Å²) >= 11 is 0. The Balaban J connectivity index is 1.95. The lowest BCUT2D eigenvalue weighted by Crippen LogP contribution is -2.51. The maximum absolute atomic E-state index is 13.7. The molecule has 9 heteroatoms. The molecule has 1 N–H and O–H groups in total. The van der Waals surface area contributed by atoms with Crippen LogP contribution < -0.4 is 9.62 Å². The molecule has 0 saturated heterocycles. The number of hydrogen-bond acceptors (Lipinski definition) is 4. The van der Waals surface area contributed by atoms with Gasteiger partial charge in [-0.15, -0.1) is 0 Å². The molecule has 0 aliphatic heterocycles. The Bertz CT molecular complexity index is 1270. The predicted molar refractivity (Wildman–Crippen MR) is 142 cm³/mol. The molecule has 3 rings (SSSR count). The summed E-state index contributed by atoms with van der Waals surface area (Å²) < 4.78 is 41.7. The molecule has 2 amide bonds. The fourth-order valence-corrected chi connectivity index (χ4v) is 5.17. The molecule has 0 aromatic heterocycles. The Kier molecular flexibility index (Phi) is 9.79. The first-order valence-electron chi connectivity index (χ1n) is 12.2. The summed E-state index contributed by atoms with van der Waals surface area (Å²) in [6.07, 6.45) is 1.72. The van der Waals surface area contributed by atoms with Crippen LogP contribution in [-0.2, 0) is 26.2 Å². The van der Waals surface area contributed by atoms with E-state index in [0.717, 1.165) is 47.0 Å². The maximum atomic E-state index is 13.7. The third-order valence-electron chi connectivity index (χ3n) is 5.92. The number of para-hydroxylation sites is 1. The lowest BCUT2D eigenvalue weighted by molar-refractivity contribution is -0.139. The summed E-state index contributed by atoms with van der Waals surface area (Å²) in [7, 11) is -4.22. The number of sulfonamides is 1. The van der Waals surface area contributed by atoms with E-state index >= 15 is 0 Å². The monoisotopic (exact) mass is 525 g/mol. The highest BCUT2D eigenvalue weighted by atomic mass is 32.2. The summed E-state index contributed by atoms with van der Waals surface area (Å²) in [4.78, 5) is 27.8. The lowest BCUT2D eigenvalue weighted by Gasteiger charge is -2.32. The average Bonchev–Trinajstić information content (AvgIpc) is 2.91. The molecule has 7 nitrogen and oxygen atoms in total. The van der Waals surface area contributed by atoms with Crippen LogP contribution in [0.5, 0.6) is 0 Å². The molecule has 37 heavy (non-hydrogen) atoms. The van der Waals surface area contributed by atoms with Crippen LogP contribution in [-0.4, -0.2) is 44.3 Å². The van der Waals surface area contributed by atoms with E-state index in [-0.39, 0.29) is 23.0 Å². The molecule has 0 aliphatic rings. The number of nitrogens with zero attached hydrogens (tertiary/aromatic N) is 2. The Labute approximate surface area is 218 Å². The molecule has 0 bridgehead atoms. The van der Waals surface area contributed by atoms with Crippen molar-refractivity contribution < 1.29 is 22.4 Å². The molecule has 0 unspecified atom stereocenters. The number of benzene rings is 3. The van der Waals surface area contributed by atoms with E-state index in [2.05, 4.69) is 5.32 Å². The third-order valence-corrected chi connectivity index (χ3v) is 7.71. The van der Waals surface area contributed by atoms with Crippen molar-refractivity contribution in [3.8, 4) is 0 Å². The van der Waals surface area contributed by atoms with Gasteiger partial charge in [0.25, 0.3) is 10.0 Å². The van der Waals surface area contributed by atoms with Gasteiger partial charge in [-0.2, -0.15) is 0 Å². The van der Waals surface area contributed by atoms with Crippen molar-refractivity contribution in [1.82, 2.24) is 10.2 Å². The number of anilines is 1. The van der Waals surface area contributed by atoms with Crippen LogP contribution in [0.25, 0.3) is 0 Å². The van der Waals surface area contributed by atoms with E-state index in [0.29, 0.717) is 6.54 Å². The first kappa shape index (κ1) is 27.9. The van der Waals surface area contributed by atoms with Crippen LogP contribution in [0.3, 0.4) is 0 Å². The number of nitrogens with one attached hydrogen (secondary N) is 1. The minimum absolute atomic E-state index is 0.126. The highest BCUT2D eigenvalue weighted by Gasteiger charge is 2.32. The fraction of sp³-hybridized carbons (Fsp3) is 0.286. The maximum Gasteiger partial charge on any atom is 0.264 e. The van der Waals surface area contributed by atoms with Gasteiger partial charge in [-0.25, -0.2) is 12.8 Å². The van der Waals surface area contributed by atoms with Crippen molar-refractivity contribution in [3.63, 3.8) is 0 Å². The van der Waals surface area contributed by atoms with Gasteiger partial charge in [-0.1, -0.05) is 61.9 Å². The molecule has 196 valence electrons. The van der Waals surface area contributed by atoms with Crippen molar-refractivity contribution in [2.24, 2.45) is 0 Å². The van der Waals surface area contributed by atoms with Crippen LogP contribution in [0.4, 0.5) is 10.1 Å². The minimum Gasteiger partial charge on any atom is -0.354 e. The number of hydrogen-bond donors (Lipinski definition) is 1. The molecule has 3 aromatic carbocycles.